The molecule has 1 amide bonds. The predicted octanol–water partition coefficient (Wildman–Crippen LogP) is 2.94. The summed E-state index contributed by atoms with van der Waals surface area (Å²) >= 11 is 0. The molecule has 0 unspecified atom stereocenters. The van der Waals surface area contributed by atoms with E-state index in [9.17, 15) is 4.79 Å². The summed E-state index contributed by atoms with van der Waals surface area (Å²) in [5.41, 5.74) is 8.18. The molecule has 21 heavy (non-hydrogen) atoms. The highest BCUT2D eigenvalue weighted by Crippen LogP contribution is 2.16. The molecule has 0 aliphatic carbocycles. The first-order valence-electron chi connectivity index (χ1n) is 6.93. The normalized spacial score (nSPS) is 10.2. The van der Waals surface area contributed by atoms with Gasteiger partial charge in [0.05, 0.1) is 6.61 Å². The Bertz CT molecular complexity index is 608. The number of hydrogen-bond donors (Lipinski definition) is 1. The first-order valence-corrected chi connectivity index (χ1v) is 6.93. The van der Waals surface area contributed by atoms with Crippen LogP contribution in [0.5, 0.6) is 5.75 Å². The standard InChI is InChI=1S/C17H20N2O2/c1-3-21-15-10-8-13(9-11-15)17(20)19(2)12-14-6-4-5-7-16(14)18/h4-11H,3,12,18H2,1-2H3. The molecule has 0 saturated carbocycles. The molecule has 0 heterocycles. The number of anilines is 1. The molecule has 2 N–H and O–H groups in total. The van der Waals surface area contributed by atoms with E-state index in [0.29, 0.717) is 24.4 Å². The lowest BCUT2D eigenvalue weighted by Crippen LogP contribution is -2.26. The number of hydrogen-bond acceptors (Lipinski definition) is 3. The van der Waals surface area contributed by atoms with Crippen molar-refractivity contribution in [2.75, 3.05) is 19.4 Å². The van der Waals surface area contributed by atoms with Gasteiger partial charge in [-0.15, -0.1) is 0 Å². The second-order valence-corrected chi connectivity index (χ2v) is 4.82. The van der Waals surface area contributed by atoms with Crippen molar-refractivity contribution in [3.63, 3.8) is 0 Å². The minimum absolute atomic E-state index is 0.0405. The van der Waals surface area contributed by atoms with Crippen molar-refractivity contribution < 1.29 is 9.53 Å². The number of nitrogens with two attached hydrogens (primary N) is 1. The molecule has 110 valence electrons. The molecule has 0 aliphatic heterocycles. The summed E-state index contributed by atoms with van der Waals surface area (Å²) in [6, 6.07) is 14.7. The molecule has 4 nitrogen and oxygen atoms in total. The van der Waals surface area contributed by atoms with Crippen LogP contribution >= 0.6 is 0 Å². The second-order valence-electron chi connectivity index (χ2n) is 4.82. The van der Waals surface area contributed by atoms with Crippen LogP contribution in [0.4, 0.5) is 5.69 Å². The third-order valence-corrected chi connectivity index (χ3v) is 3.22. The van der Waals surface area contributed by atoms with Crippen LogP contribution in [0.15, 0.2) is 48.5 Å². The fourth-order valence-electron chi connectivity index (χ4n) is 2.09. The molecule has 4 heteroatoms. The van der Waals surface area contributed by atoms with E-state index >= 15 is 0 Å². The minimum Gasteiger partial charge on any atom is -0.494 e. The van der Waals surface area contributed by atoms with E-state index in [1.54, 1.807) is 36.2 Å². The number of nitrogen functional groups attached to an aromatic ring is 1. The Balaban J connectivity index is 2.07. The van der Waals surface area contributed by atoms with E-state index in [0.717, 1.165) is 11.3 Å². The van der Waals surface area contributed by atoms with E-state index < -0.39 is 0 Å². The summed E-state index contributed by atoms with van der Waals surface area (Å²) in [5, 5.41) is 0. The molecule has 0 aromatic heterocycles. The van der Waals surface area contributed by atoms with Gasteiger partial charge in [0.25, 0.3) is 5.91 Å². The van der Waals surface area contributed by atoms with Gasteiger partial charge in [-0.05, 0) is 42.8 Å². The highest BCUT2D eigenvalue weighted by atomic mass is 16.5. The Labute approximate surface area is 125 Å². The fraction of sp³-hybridized carbons (Fsp3) is 0.235. The maximum absolute atomic E-state index is 12.4. The van der Waals surface area contributed by atoms with Gasteiger partial charge in [0, 0.05) is 24.8 Å². The van der Waals surface area contributed by atoms with Crippen LogP contribution in [0.25, 0.3) is 0 Å². The van der Waals surface area contributed by atoms with Gasteiger partial charge in [-0.1, -0.05) is 18.2 Å². The summed E-state index contributed by atoms with van der Waals surface area (Å²) in [4.78, 5) is 14.0. The predicted molar refractivity (Wildman–Crippen MR) is 84.3 cm³/mol. The van der Waals surface area contributed by atoms with Gasteiger partial charge in [-0.25, -0.2) is 0 Å². The quantitative estimate of drug-likeness (QED) is 0.859. The van der Waals surface area contributed by atoms with Crippen LogP contribution in [-0.4, -0.2) is 24.5 Å². The highest BCUT2D eigenvalue weighted by molar-refractivity contribution is 5.94. The summed E-state index contributed by atoms with van der Waals surface area (Å²) in [6.07, 6.45) is 0. The van der Waals surface area contributed by atoms with Crippen LogP contribution in [0, 0.1) is 0 Å². The van der Waals surface area contributed by atoms with Gasteiger partial charge in [0.2, 0.25) is 0 Å². The van der Waals surface area contributed by atoms with Crippen LogP contribution in [0.2, 0.25) is 0 Å². The number of carbonyl (C=O) groups is 1. The number of nitrogens with zero attached hydrogens (tertiary/aromatic N) is 1. The number of amides is 1. The summed E-state index contributed by atoms with van der Waals surface area (Å²) < 4.78 is 5.37. The van der Waals surface area contributed by atoms with Crippen molar-refractivity contribution in [2.45, 2.75) is 13.5 Å². The molecular weight excluding hydrogens is 264 g/mol. The number of ether oxygens (including phenoxy) is 1. The zero-order valence-electron chi connectivity index (χ0n) is 12.4. The lowest BCUT2D eigenvalue weighted by molar-refractivity contribution is 0.0785. The van der Waals surface area contributed by atoms with Crippen LogP contribution < -0.4 is 10.5 Å². The second kappa shape index (κ2) is 6.79. The van der Waals surface area contributed by atoms with Gasteiger partial charge < -0.3 is 15.4 Å². The van der Waals surface area contributed by atoms with Crippen molar-refractivity contribution in [2.24, 2.45) is 0 Å². The summed E-state index contributed by atoms with van der Waals surface area (Å²) in [7, 11) is 1.77. The minimum atomic E-state index is -0.0405. The van der Waals surface area contributed by atoms with E-state index in [-0.39, 0.29) is 5.91 Å². The maximum atomic E-state index is 12.4. The molecule has 0 spiro atoms. The lowest BCUT2D eigenvalue weighted by atomic mass is 10.1. The SMILES string of the molecule is CCOc1ccc(C(=O)N(C)Cc2ccccc2N)cc1. The number of benzene rings is 2. The number of rotatable bonds is 5. The molecule has 0 atom stereocenters. The third-order valence-electron chi connectivity index (χ3n) is 3.22. The zero-order chi connectivity index (χ0) is 15.2. The van der Waals surface area contributed by atoms with Crippen molar-refractivity contribution in [3.8, 4) is 5.75 Å². The van der Waals surface area contributed by atoms with Gasteiger partial charge in [0.1, 0.15) is 5.75 Å². The van der Waals surface area contributed by atoms with E-state index in [2.05, 4.69) is 0 Å². The number of para-hydroxylation sites is 1. The molecule has 0 aliphatic rings. The molecule has 0 radical (unpaired) electrons. The monoisotopic (exact) mass is 284 g/mol. The van der Waals surface area contributed by atoms with Crippen LogP contribution in [0.3, 0.4) is 0 Å². The smallest absolute Gasteiger partial charge is 0.253 e. The first kappa shape index (κ1) is 14.9. The fourth-order valence-corrected chi connectivity index (χ4v) is 2.09. The Kier molecular flexibility index (Phi) is 4.82. The molecule has 0 saturated heterocycles. The van der Waals surface area contributed by atoms with Crippen LogP contribution in [0.1, 0.15) is 22.8 Å². The first-order chi connectivity index (χ1) is 10.1. The number of carbonyl (C=O) groups excluding carboxylic acids is 1. The average molecular weight is 284 g/mol. The van der Waals surface area contributed by atoms with Crippen molar-refractivity contribution in [1.29, 1.82) is 0 Å². The van der Waals surface area contributed by atoms with Gasteiger partial charge in [-0.2, -0.15) is 0 Å². The van der Waals surface area contributed by atoms with Crippen molar-refractivity contribution >= 4 is 11.6 Å². The molecule has 2 aromatic carbocycles. The summed E-state index contributed by atoms with van der Waals surface area (Å²) in [5.74, 6) is 0.727. The maximum Gasteiger partial charge on any atom is 0.253 e. The van der Waals surface area contributed by atoms with Crippen molar-refractivity contribution in [3.05, 3.63) is 59.7 Å². The highest BCUT2D eigenvalue weighted by Gasteiger charge is 2.13. The van der Waals surface area contributed by atoms with Crippen molar-refractivity contribution in [1.82, 2.24) is 4.90 Å². The van der Waals surface area contributed by atoms with Crippen LogP contribution in [-0.2, 0) is 6.54 Å². The lowest BCUT2D eigenvalue weighted by Gasteiger charge is -2.18. The Morgan fingerprint density at radius 1 is 1.14 bits per heavy atom. The Morgan fingerprint density at radius 3 is 2.43 bits per heavy atom. The van der Waals surface area contributed by atoms with E-state index in [1.165, 1.54) is 0 Å². The van der Waals surface area contributed by atoms with E-state index in [4.69, 9.17) is 10.5 Å². The van der Waals surface area contributed by atoms with Gasteiger partial charge >= 0.3 is 0 Å². The molecule has 0 bridgehead atoms. The average Bonchev–Trinajstić information content (AvgIpc) is 2.50. The zero-order valence-corrected chi connectivity index (χ0v) is 12.4. The largest absolute Gasteiger partial charge is 0.494 e. The molecular formula is C17H20N2O2. The topological polar surface area (TPSA) is 55.6 Å². The molecule has 0 fully saturated rings. The van der Waals surface area contributed by atoms with Gasteiger partial charge in [-0.3, -0.25) is 4.79 Å². The molecule has 2 aromatic rings. The third kappa shape index (κ3) is 3.75. The summed E-state index contributed by atoms with van der Waals surface area (Å²) in [6.45, 7) is 3.02. The van der Waals surface area contributed by atoms with E-state index in [1.807, 2.05) is 31.2 Å². The molecule has 2 rings (SSSR count). The Morgan fingerprint density at radius 2 is 1.81 bits per heavy atom. The van der Waals surface area contributed by atoms with Gasteiger partial charge in [0.15, 0.2) is 0 Å². The Hall–Kier alpha value is -2.49.